The van der Waals surface area contributed by atoms with Crippen LogP contribution in [0.25, 0.3) is 10.9 Å². The van der Waals surface area contributed by atoms with Gasteiger partial charge in [0.15, 0.2) is 0 Å². The first-order chi connectivity index (χ1) is 7.94. The third-order valence-corrected chi connectivity index (χ3v) is 2.45. The van der Waals surface area contributed by atoms with E-state index in [9.17, 15) is 4.79 Å². The molecule has 1 aromatic heterocycles. The number of H-pyrrole nitrogens is 1. The van der Waals surface area contributed by atoms with Crippen molar-refractivity contribution in [3.8, 4) is 0 Å². The molecule has 3 heteroatoms. The summed E-state index contributed by atoms with van der Waals surface area (Å²) in [5.41, 5.74) is 1.85. The number of hydrogen-bond donors (Lipinski definition) is 2. The number of aromatic amines is 1. The van der Waals surface area contributed by atoms with Crippen LogP contribution < -0.4 is 5.32 Å². The zero-order chi connectivity index (χ0) is 12.5. The summed E-state index contributed by atoms with van der Waals surface area (Å²) in [6.07, 6.45) is 0.395. The normalized spacial score (nSPS) is 11.7. The fourth-order valence-electron chi connectivity index (χ4n) is 1.86. The first kappa shape index (κ1) is 11.7. The highest BCUT2D eigenvalue weighted by molar-refractivity contribution is 5.84. The predicted molar refractivity (Wildman–Crippen MR) is 69.9 cm³/mol. The second-order valence-electron chi connectivity index (χ2n) is 5.36. The molecule has 0 aliphatic rings. The highest BCUT2D eigenvalue weighted by Gasteiger charge is 2.14. The van der Waals surface area contributed by atoms with Crippen LogP contribution in [-0.4, -0.2) is 16.4 Å². The van der Waals surface area contributed by atoms with Crippen molar-refractivity contribution >= 4 is 16.8 Å². The summed E-state index contributed by atoms with van der Waals surface area (Å²) in [5.74, 6) is 0.0454. The minimum absolute atomic E-state index is 0.0454. The van der Waals surface area contributed by atoms with Gasteiger partial charge in [0.05, 0.1) is 6.42 Å². The lowest BCUT2D eigenvalue weighted by Gasteiger charge is -2.20. The number of aromatic nitrogens is 1. The van der Waals surface area contributed by atoms with Crippen LogP contribution in [-0.2, 0) is 11.2 Å². The minimum Gasteiger partial charge on any atom is -0.358 e. The molecular weight excluding hydrogens is 212 g/mol. The highest BCUT2D eigenvalue weighted by atomic mass is 16.1. The van der Waals surface area contributed by atoms with Crippen molar-refractivity contribution in [3.05, 3.63) is 36.0 Å². The van der Waals surface area contributed by atoms with Gasteiger partial charge in [0.25, 0.3) is 0 Å². The molecule has 2 rings (SSSR count). The fraction of sp³-hybridized carbons (Fsp3) is 0.357. The number of amides is 1. The van der Waals surface area contributed by atoms with Crippen LogP contribution in [0.5, 0.6) is 0 Å². The van der Waals surface area contributed by atoms with Crippen molar-refractivity contribution in [2.45, 2.75) is 32.7 Å². The molecule has 0 radical (unpaired) electrons. The second kappa shape index (κ2) is 4.24. The molecule has 0 unspecified atom stereocenters. The Morgan fingerprint density at radius 1 is 1.29 bits per heavy atom. The van der Waals surface area contributed by atoms with Gasteiger partial charge in [0.2, 0.25) is 5.91 Å². The smallest absolute Gasteiger partial charge is 0.226 e. The molecule has 3 nitrogen and oxygen atoms in total. The van der Waals surface area contributed by atoms with Gasteiger partial charge in [0, 0.05) is 16.7 Å². The standard InChI is InChI=1S/C14H18N2O/c1-14(2,3)16-13(17)9-11-8-10-6-4-5-7-12(10)15-11/h4-8,15H,9H2,1-3H3,(H,16,17). The van der Waals surface area contributed by atoms with E-state index in [1.807, 2.05) is 51.1 Å². The van der Waals surface area contributed by atoms with E-state index >= 15 is 0 Å². The summed E-state index contributed by atoms with van der Waals surface area (Å²) in [5, 5.41) is 4.10. The van der Waals surface area contributed by atoms with Crippen molar-refractivity contribution < 1.29 is 4.79 Å². The van der Waals surface area contributed by atoms with Crippen LogP contribution in [0.15, 0.2) is 30.3 Å². The average Bonchev–Trinajstić information content (AvgIpc) is 2.55. The van der Waals surface area contributed by atoms with Crippen molar-refractivity contribution in [3.63, 3.8) is 0 Å². The summed E-state index contributed by atoms with van der Waals surface area (Å²) in [6, 6.07) is 10.1. The molecule has 2 N–H and O–H groups in total. The Labute approximate surface area is 101 Å². The maximum atomic E-state index is 11.8. The van der Waals surface area contributed by atoms with Crippen LogP contribution in [0.2, 0.25) is 0 Å². The SMILES string of the molecule is CC(C)(C)NC(=O)Cc1cc2ccccc2[nH]1. The quantitative estimate of drug-likeness (QED) is 0.818. The molecule has 0 aliphatic carbocycles. The van der Waals surface area contributed by atoms with Gasteiger partial charge in [-0.1, -0.05) is 18.2 Å². The van der Waals surface area contributed by atoms with E-state index in [0.29, 0.717) is 6.42 Å². The van der Waals surface area contributed by atoms with Crippen molar-refractivity contribution in [1.29, 1.82) is 0 Å². The zero-order valence-corrected chi connectivity index (χ0v) is 10.5. The van der Waals surface area contributed by atoms with Gasteiger partial charge >= 0.3 is 0 Å². The minimum atomic E-state index is -0.177. The third-order valence-electron chi connectivity index (χ3n) is 2.45. The first-order valence-corrected chi connectivity index (χ1v) is 5.82. The molecule has 0 saturated carbocycles. The van der Waals surface area contributed by atoms with Crippen LogP contribution in [0.1, 0.15) is 26.5 Å². The lowest BCUT2D eigenvalue weighted by Crippen LogP contribution is -2.41. The first-order valence-electron chi connectivity index (χ1n) is 5.82. The van der Waals surface area contributed by atoms with Crippen molar-refractivity contribution in [2.24, 2.45) is 0 Å². The van der Waals surface area contributed by atoms with Crippen LogP contribution in [0.3, 0.4) is 0 Å². The number of rotatable bonds is 2. The molecule has 0 aliphatic heterocycles. The Bertz CT molecular complexity index is 501. The fourth-order valence-corrected chi connectivity index (χ4v) is 1.86. The van der Waals surface area contributed by atoms with Gasteiger partial charge in [-0.25, -0.2) is 0 Å². The summed E-state index contributed by atoms with van der Waals surface area (Å²) in [7, 11) is 0. The number of benzene rings is 1. The van der Waals surface area contributed by atoms with Gasteiger partial charge in [-0.2, -0.15) is 0 Å². The molecule has 1 amide bonds. The topological polar surface area (TPSA) is 44.9 Å². The predicted octanol–water partition coefficient (Wildman–Crippen LogP) is 2.63. The molecule has 0 bridgehead atoms. The molecule has 17 heavy (non-hydrogen) atoms. The van der Waals surface area contributed by atoms with E-state index in [-0.39, 0.29) is 11.4 Å². The number of para-hydroxylation sites is 1. The van der Waals surface area contributed by atoms with E-state index < -0.39 is 0 Å². The van der Waals surface area contributed by atoms with Gasteiger partial charge in [0.1, 0.15) is 0 Å². The molecule has 0 atom stereocenters. The maximum absolute atomic E-state index is 11.8. The number of hydrogen-bond acceptors (Lipinski definition) is 1. The van der Waals surface area contributed by atoms with Crippen LogP contribution in [0.4, 0.5) is 0 Å². The maximum Gasteiger partial charge on any atom is 0.226 e. The highest BCUT2D eigenvalue weighted by Crippen LogP contribution is 2.15. The Morgan fingerprint density at radius 2 is 2.00 bits per heavy atom. The van der Waals surface area contributed by atoms with Crippen molar-refractivity contribution in [1.82, 2.24) is 10.3 Å². The van der Waals surface area contributed by atoms with Gasteiger partial charge in [-0.05, 0) is 38.3 Å². The van der Waals surface area contributed by atoms with E-state index in [2.05, 4.69) is 10.3 Å². The van der Waals surface area contributed by atoms with E-state index in [4.69, 9.17) is 0 Å². The number of fused-ring (bicyclic) bond motifs is 1. The molecule has 0 fully saturated rings. The number of carbonyl (C=O) groups excluding carboxylic acids is 1. The summed E-state index contributed by atoms with van der Waals surface area (Å²) >= 11 is 0. The lowest BCUT2D eigenvalue weighted by molar-refractivity contribution is -0.121. The monoisotopic (exact) mass is 230 g/mol. The number of nitrogens with one attached hydrogen (secondary N) is 2. The summed E-state index contributed by atoms with van der Waals surface area (Å²) in [6.45, 7) is 5.95. The molecule has 0 saturated heterocycles. The molecular formula is C14H18N2O. The van der Waals surface area contributed by atoms with E-state index in [0.717, 1.165) is 16.6 Å². The van der Waals surface area contributed by atoms with Gasteiger partial charge < -0.3 is 10.3 Å². The van der Waals surface area contributed by atoms with Gasteiger partial charge in [-0.15, -0.1) is 0 Å². The van der Waals surface area contributed by atoms with Crippen LogP contribution in [0, 0.1) is 0 Å². The summed E-state index contributed by atoms with van der Waals surface area (Å²) in [4.78, 5) is 15.0. The molecule has 90 valence electrons. The number of carbonyl (C=O) groups is 1. The Hall–Kier alpha value is -1.77. The van der Waals surface area contributed by atoms with E-state index in [1.165, 1.54) is 0 Å². The Morgan fingerprint density at radius 3 is 2.65 bits per heavy atom. The van der Waals surface area contributed by atoms with Crippen molar-refractivity contribution in [2.75, 3.05) is 0 Å². The lowest BCUT2D eigenvalue weighted by atomic mass is 10.1. The summed E-state index contributed by atoms with van der Waals surface area (Å²) < 4.78 is 0. The third kappa shape index (κ3) is 3.09. The van der Waals surface area contributed by atoms with E-state index in [1.54, 1.807) is 0 Å². The Kier molecular flexibility index (Phi) is 2.92. The Balaban J connectivity index is 2.11. The van der Waals surface area contributed by atoms with Crippen LogP contribution >= 0.6 is 0 Å². The zero-order valence-electron chi connectivity index (χ0n) is 10.5. The molecule has 1 heterocycles. The largest absolute Gasteiger partial charge is 0.358 e. The molecule has 0 spiro atoms. The second-order valence-corrected chi connectivity index (χ2v) is 5.36. The molecule has 2 aromatic rings. The van der Waals surface area contributed by atoms with Gasteiger partial charge in [-0.3, -0.25) is 4.79 Å². The average molecular weight is 230 g/mol. The molecule has 1 aromatic carbocycles.